The first kappa shape index (κ1) is 18.5. The summed E-state index contributed by atoms with van der Waals surface area (Å²) in [5.41, 5.74) is 1.06. The van der Waals surface area contributed by atoms with E-state index in [2.05, 4.69) is 5.32 Å². The first-order chi connectivity index (χ1) is 11.7. The summed E-state index contributed by atoms with van der Waals surface area (Å²) in [5, 5.41) is 12.7. The Bertz CT molecular complexity index is 587. The zero-order valence-corrected chi connectivity index (χ0v) is 14.5. The normalized spacial score (nSPS) is 14.2. The minimum Gasteiger partial charge on any atom is -0.396 e. The van der Waals surface area contributed by atoms with Gasteiger partial charge in [0.25, 0.3) is 0 Å². The van der Waals surface area contributed by atoms with Crippen LogP contribution < -0.4 is 5.32 Å². The molecule has 2 N–H and O–H groups in total. The molecule has 0 radical (unpaired) electrons. The number of nitrogens with one attached hydrogen (secondary N) is 1. The molecule has 1 amide bonds. The van der Waals surface area contributed by atoms with Gasteiger partial charge in [0.1, 0.15) is 0 Å². The lowest BCUT2D eigenvalue weighted by atomic mass is 9.96. The van der Waals surface area contributed by atoms with Gasteiger partial charge in [0.05, 0.1) is 0 Å². The van der Waals surface area contributed by atoms with E-state index in [0.717, 1.165) is 18.4 Å². The zero-order chi connectivity index (χ0) is 17.2. The van der Waals surface area contributed by atoms with Gasteiger partial charge in [0.2, 0.25) is 5.91 Å². The second-order valence-corrected chi connectivity index (χ2v) is 6.37. The second-order valence-electron chi connectivity index (χ2n) is 5.94. The molecule has 3 rings (SSSR count). The van der Waals surface area contributed by atoms with Gasteiger partial charge in [0.15, 0.2) is 0 Å². The highest BCUT2D eigenvalue weighted by atomic mass is 35.5. The SMILES string of the molecule is O=C(NC[C@H](CCO)c1cccc(Cl)c1)C1CC1.c1ccccc1. The van der Waals surface area contributed by atoms with Gasteiger partial charge in [-0.05, 0) is 37.0 Å². The van der Waals surface area contributed by atoms with E-state index in [0.29, 0.717) is 18.0 Å². The molecule has 24 heavy (non-hydrogen) atoms. The van der Waals surface area contributed by atoms with Crippen LogP contribution in [0.3, 0.4) is 0 Å². The number of carbonyl (C=O) groups is 1. The summed E-state index contributed by atoms with van der Waals surface area (Å²) in [6.07, 6.45) is 2.65. The fourth-order valence-electron chi connectivity index (χ4n) is 2.40. The lowest BCUT2D eigenvalue weighted by Crippen LogP contribution is -2.29. The molecule has 3 nitrogen and oxygen atoms in total. The topological polar surface area (TPSA) is 49.3 Å². The van der Waals surface area contributed by atoms with Crippen molar-refractivity contribution in [3.63, 3.8) is 0 Å². The highest BCUT2D eigenvalue weighted by molar-refractivity contribution is 6.30. The van der Waals surface area contributed by atoms with Gasteiger partial charge >= 0.3 is 0 Å². The minimum absolute atomic E-state index is 0.108. The Morgan fingerprint density at radius 1 is 1.12 bits per heavy atom. The molecule has 1 atom stereocenters. The fraction of sp³-hybridized carbons (Fsp3) is 0.350. The Morgan fingerprint density at radius 3 is 2.25 bits per heavy atom. The molecule has 0 unspecified atom stereocenters. The third-order valence-corrected chi connectivity index (χ3v) is 4.17. The van der Waals surface area contributed by atoms with Crippen LogP contribution in [0.1, 0.15) is 30.7 Å². The van der Waals surface area contributed by atoms with Crippen molar-refractivity contribution in [1.82, 2.24) is 5.32 Å². The Labute approximate surface area is 148 Å². The molecule has 0 bridgehead atoms. The van der Waals surface area contributed by atoms with Crippen molar-refractivity contribution < 1.29 is 9.90 Å². The minimum atomic E-state index is 0.108. The molecule has 128 valence electrons. The summed E-state index contributed by atoms with van der Waals surface area (Å²) in [4.78, 5) is 11.6. The van der Waals surface area contributed by atoms with Crippen molar-refractivity contribution in [2.45, 2.75) is 25.2 Å². The molecule has 4 heteroatoms. The van der Waals surface area contributed by atoms with Crippen LogP contribution in [-0.4, -0.2) is 24.2 Å². The van der Waals surface area contributed by atoms with E-state index in [1.165, 1.54) is 0 Å². The molecule has 2 aromatic rings. The number of carbonyl (C=O) groups excluding carboxylic acids is 1. The molecule has 1 aliphatic carbocycles. The molecule has 1 aliphatic rings. The Kier molecular flexibility index (Phi) is 7.80. The molecular weight excluding hydrogens is 322 g/mol. The predicted octanol–water partition coefficient (Wildman–Crippen LogP) is 4.02. The predicted molar refractivity (Wildman–Crippen MR) is 98.1 cm³/mol. The molecule has 0 aliphatic heterocycles. The van der Waals surface area contributed by atoms with Gasteiger partial charge < -0.3 is 10.4 Å². The average Bonchev–Trinajstić information content (AvgIpc) is 3.45. The number of hydrogen-bond acceptors (Lipinski definition) is 2. The van der Waals surface area contributed by atoms with Crippen molar-refractivity contribution in [3.05, 3.63) is 71.2 Å². The largest absolute Gasteiger partial charge is 0.396 e. The average molecular weight is 346 g/mol. The van der Waals surface area contributed by atoms with Crippen molar-refractivity contribution in [2.75, 3.05) is 13.2 Å². The molecule has 0 heterocycles. The van der Waals surface area contributed by atoms with Gasteiger partial charge in [-0.2, -0.15) is 0 Å². The molecule has 2 aromatic carbocycles. The van der Waals surface area contributed by atoms with E-state index in [9.17, 15) is 4.79 Å². The number of rotatable bonds is 6. The van der Waals surface area contributed by atoms with Crippen molar-refractivity contribution in [3.8, 4) is 0 Å². The molecule has 0 saturated heterocycles. The van der Waals surface area contributed by atoms with E-state index < -0.39 is 0 Å². The van der Waals surface area contributed by atoms with Crippen LogP contribution in [0.25, 0.3) is 0 Å². The van der Waals surface area contributed by atoms with Gasteiger partial charge in [0, 0.05) is 30.0 Å². The third kappa shape index (κ3) is 6.73. The summed E-state index contributed by atoms with van der Waals surface area (Å²) < 4.78 is 0. The highest BCUT2D eigenvalue weighted by Gasteiger charge is 2.29. The second kappa shape index (κ2) is 10.1. The van der Waals surface area contributed by atoms with Crippen molar-refractivity contribution >= 4 is 17.5 Å². The molecule has 0 spiro atoms. The third-order valence-electron chi connectivity index (χ3n) is 3.94. The maximum Gasteiger partial charge on any atom is 0.223 e. The van der Waals surface area contributed by atoms with Gasteiger partial charge in [-0.3, -0.25) is 4.79 Å². The van der Waals surface area contributed by atoms with Crippen molar-refractivity contribution in [2.24, 2.45) is 5.92 Å². The monoisotopic (exact) mass is 345 g/mol. The van der Waals surface area contributed by atoms with Gasteiger partial charge in [-0.15, -0.1) is 0 Å². The van der Waals surface area contributed by atoms with E-state index >= 15 is 0 Å². The summed E-state index contributed by atoms with van der Waals surface area (Å²) in [6.45, 7) is 0.673. The van der Waals surface area contributed by atoms with Crippen LogP contribution in [-0.2, 0) is 4.79 Å². The van der Waals surface area contributed by atoms with Crippen LogP contribution in [0.5, 0.6) is 0 Å². The highest BCUT2D eigenvalue weighted by Crippen LogP contribution is 2.29. The standard InChI is InChI=1S/C14H18ClNO2.C6H6/c15-13-3-1-2-11(8-13)12(6-7-17)9-16-14(18)10-4-5-10;1-2-4-6-5-3-1/h1-3,8,10,12,17H,4-7,9H2,(H,16,18);1-6H/t12-;/m0./s1. The van der Waals surface area contributed by atoms with Crippen LogP contribution >= 0.6 is 11.6 Å². The summed E-state index contributed by atoms with van der Waals surface area (Å²) in [6, 6.07) is 19.6. The molecule has 1 fully saturated rings. The number of halogens is 1. The maximum absolute atomic E-state index is 11.6. The molecular formula is C20H24ClNO2. The summed E-state index contributed by atoms with van der Waals surface area (Å²) >= 11 is 5.96. The first-order valence-electron chi connectivity index (χ1n) is 8.34. The number of hydrogen-bond donors (Lipinski definition) is 2. The fourth-order valence-corrected chi connectivity index (χ4v) is 2.60. The van der Waals surface area contributed by atoms with Crippen LogP contribution in [0, 0.1) is 5.92 Å². The smallest absolute Gasteiger partial charge is 0.223 e. The van der Waals surface area contributed by atoms with Gasteiger partial charge in [-0.1, -0.05) is 60.1 Å². The summed E-state index contributed by atoms with van der Waals surface area (Å²) in [5.74, 6) is 0.482. The van der Waals surface area contributed by atoms with Crippen LogP contribution in [0.15, 0.2) is 60.7 Å². The summed E-state index contributed by atoms with van der Waals surface area (Å²) in [7, 11) is 0. The number of aliphatic hydroxyl groups excluding tert-OH is 1. The van der Waals surface area contributed by atoms with Crippen LogP contribution in [0.4, 0.5) is 0 Å². The van der Waals surface area contributed by atoms with E-state index in [4.69, 9.17) is 16.7 Å². The van der Waals surface area contributed by atoms with Crippen LogP contribution in [0.2, 0.25) is 5.02 Å². The lowest BCUT2D eigenvalue weighted by Gasteiger charge is -2.17. The maximum atomic E-state index is 11.6. The number of aliphatic hydroxyl groups is 1. The zero-order valence-electron chi connectivity index (χ0n) is 13.7. The van der Waals surface area contributed by atoms with E-state index in [-0.39, 0.29) is 24.3 Å². The molecule has 1 saturated carbocycles. The molecule has 0 aromatic heterocycles. The van der Waals surface area contributed by atoms with E-state index in [1.54, 1.807) is 0 Å². The Morgan fingerprint density at radius 2 is 1.75 bits per heavy atom. The Hall–Kier alpha value is -1.84. The van der Waals surface area contributed by atoms with E-state index in [1.807, 2.05) is 60.7 Å². The Balaban J connectivity index is 0.000000292. The van der Waals surface area contributed by atoms with Crippen molar-refractivity contribution in [1.29, 1.82) is 0 Å². The lowest BCUT2D eigenvalue weighted by molar-refractivity contribution is -0.122. The quantitative estimate of drug-likeness (QED) is 0.830. The number of benzene rings is 2. The first-order valence-corrected chi connectivity index (χ1v) is 8.72. The van der Waals surface area contributed by atoms with Gasteiger partial charge in [-0.25, -0.2) is 0 Å². The number of amides is 1.